The normalized spacial score (nSPS) is 10.4. The highest BCUT2D eigenvalue weighted by atomic mass is 16.5. The minimum Gasteiger partial charge on any atom is -0.481 e. The third-order valence-electron chi connectivity index (χ3n) is 1.59. The van der Waals surface area contributed by atoms with Gasteiger partial charge in [-0.2, -0.15) is 4.98 Å². The molecule has 0 aliphatic carbocycles. The van der Waals surface area contributed by atoms with Gasteiger partial charge < -0.3 is 14.6 Å². The average molecular weight is 197 g/mol. The Balaban J connectivity index is 2.92. The smallest absolute Gasteiger partial charge is 0.217 e. The molecule has 0 saturated heterocycles. The molecule has 0 aliphatic heterocycles. The van der Waals surface area contributed by atoms with Gasteiger partial charge in [-0.15, -0.1) is 0 Å². The molecule has 0 atom stereocenters. The summed E-state index contributed by atoms with van der Waals surface area (Å²) in [6.07, 6.45) is 0.0566. The molecule has 0 radical (unpaired) electrons. The molecule has 0 aromatic carbocycles. The van der Waals surface area contributed by atoms with Crippen LogP contribution in [0.15, 0.2) is 12.1 Å². The maximum absolute atomic E-state index is 8.98. The minimum absolute atomic E-state index is 0.0483. The highest BCUT2D eigenvalue weighted by molar-refractivity contribution is 5.27. The van der Waals surface area contributed by atoms with E-state index in [-0.39, 0.29) is 12.7 Å². The number of pyridine rings is 1. The predicted molar refractivity (Wildman–Crippen MR) is 52.5 cm³/mol. The molecule has 4 heteroatoms. The van der Waals surface area contributed by atoms with Crippen molar-refractivity contribution in [1.82, 2.24) is 4.98 Å². The van der Waals surface area contributed by atoms with Crippen molar-refractivity contribution in [1.29, 1.82) is 0 Å². The van der Waals surface area contributed by atoms with E-state index in [0.717, 1.165) is 5.56 Å². The Kier molecular flexibility index (Phi) is 3.71. The van der Waals surface area contributed by atoms with E-state index in [1.165, 1.54) is 7.11 Å². The average Bonchev–Trinajstić information content (AvgIpc) is 2.16. The Morgan fingerprint density at radius 3 is 2.50 bits per heavy atom. The van der Waals surface area contributed by atoms with Crippen LogP contribution in [0.3, 0.4) is 0 Å². The summed E-state index contributed by atoms with van der Waals surface area (Å²) in [4.78, 5) is 4.08. The van der Waals surface area contributed by atoms with Crippen LogP contribution in [0.1, 0.15) is 19.4 Å². The third kappa shape index (κ3) is 2.88. The summed E-state index contributed by atoms with van der Waals surface area (Å²) in [5.41, 5.74) is 0.729. The first kappa shape index (κ1) is 10.8. The molecule has 4 nitrogen and oxygen atoms in total. The Hall–Kier alpha value is -1.29. The van der Waals surface area contributed by atoms with Gasteiger partial charge in [0.05, 0.1) is 19.8 Å². The lowest BCUT2D eigenvalue weighted by Gasteiger charge is -2.10. The second kappa shape index (κ2) is 4.81. The first-order chi connectivity index (χ1) is 6.65. The van der Waals surface area contributed by atoms with E-state index < -0.39 is 0 Å². The molecule has 1 heterocycles. The summed E-state index contributed by atoms with van der Waals surface area (Å²) < 4.78 is 10.4. The number of nitrogens with zero attached hydrogens (tertiary/aromatic N) is 1. The Morgan fingerprint density at radius 1 is 1.36 bits per heavy atom. The van der Waals surface area contributed by atoms with Crippen molar-refractivity contribution in [2.24, 2.45) is 0 Å². The number of ether oxygens (including phenoxy) is 2. The highest BCUT2D eigenvalue weighted by Crippen LogP contribution is 2.18. The van der Waals surface area contributed by atoms with E-state index in [9.17, 15) is 0 Å². The van der Waals surface area contributed by atoms with Crippen LogP contribution in [0.2, 0.25) is 0 Å². The van der Waals surface area contributed by atoms with Crippen molar-refractivity contribution in [2.75, 3.05) is 7.11 Å². The summed E-state index contributed by atoms with van der Waals surface area (Å²) in [5, 5.41) is 8.98. The van der Waals surface area contributed by atoms with Gasteiger partial charge in [0.1, 0.15) is 0 Å². The van der Waals surface area contributed by atoms with Crippen LogP contribution in [-0.2, 0) is 6.61 Å². The molecular formula is C10H15NO3. The zero-order valence-electron chi connectivity index (χ0n) is 8.65. The van der Waals surface area contributed by atoms with Crippen molar-refractivity contribution in [3.05, 3.63) is 17.7 Å². The van der Waals surface area contributed by atoms with E-state index in [4.69, 9.17) is 14.6 Å². The van der Waals surface area contributed by atoms with Gasteiger partial charge in [0.25, 0.3) is 0 Å². The van der Waals surface area contributed by atoms with Gasteiger partial charge in [0.2, 0.25) is 11.8 Å². The fourth-order valence-electron chi connectivity index (χ4n) is 1.03. The quantitative estimate of drug-likeness (QED) is 0.792. The van der Waals surface area contributed by atoms with E-state index in [1.807, 2.05) is 13.8 Å². The molecule has 1 aromatic heterocycles. The molecule has 0 amide bonds. The minimum atomic E-state index is -0.0483. The maximum atomic E-state index is 8.98. The first-order valence-electron chi connectivity index (χ1n) is 4.48. The highest BCUT2D eigenvalue weighted by Gasteiger charge is 2.04. The van der Waals surface area contributed by atoms with E-state index in [0.29, 0.717) is 11.8 Å². The van der Waals surface area contributed by atoms with Crippen LogP contribution in [-0.4, -0.2) is 23.3 Å². The Labute approximate surface area is 83.5 Å². The van der Waals surface area contributed by atoms with Crippen molar-refractivity contribution < 1.29 is 14.6 Å². The van der Waals surface area contributed by atoms with Gasteiger partial charge in [-0.3, -0.25) is 0 Å². The van der Waals surface area contributed by atoms with Gasteiger partial charge in [-0.1, -0.05) is 0 Å². The van der Waals surface area contributed by atoms with Gasteiger partial charge in [-0.05, 0) is 19.4 Å². The standard InChI is InChI=1S/C10H15NO3/c1-7(2)14-10-5-8(6-12)4-9(11-10)13-3/h4-5,7,12H,6H2,1-3H3. The van der Waals surface area contributed by atoms with Gasteiger partial charge in [0, 0.05) is 12.1 Å². The Bertz CT molecular complexity index is 277. The SMILES string of the molecule is COc1cc(CO)cc(OC(C)C)n1. The number of hydrogen-bond acceptors (Lipinski definition) is 4. The molecule has 1 N–H and O–H groups in total. The van der Waals surface area contributed by atoms with Gasteiger partial charge in [-0.25, -0.2) is 0 Å². The molecule has 0 bridgehead atoms. The largest absolute Gasteiger partial charge is 0.481 e. The van der Waals surface area contributed by atoms with E-state index >= 15 is 0 Å². The molecule has 0 spiro atoms. The molecule has 0 aliphatic rings. The van der Waals surface area contributed by atoms with E-state index in [1.54, 1.807) is 12.1 Å². The number of aromatic nitrogens is 1. The first-order valence-corrected chi connectivity index (χ1v) is 4.48. The number of aliphatic hydroxyl groups excluding tert-OH is 1. The monoisotopic (exact) mass is 197 g/mol. The fourth-order valence-corrected chi connectivity index (χ4v) is 1.03. The molecule has 14 heavy (non-hydrogen) atoms. The number of aliphatic hydroxyl groups is 1. The lowest BCUT2D eigenvalue weighted by atomic mass is 10.3. The fraction of sp³-hybridized carbons (Fsp3) is 0.500. The van der Waals surface area contributed by atoms with Crippen molar-refractivity contribution in [3.8, 4) is 11.8 Å². The zero-order valence-corrected chi connectivity index (χ0v) is 8.65. The topological polar surface area (TPSA) is 51.6 Å². The number of hydrogen-bond donors (Lipinski definition) is 1. The summed E-state index contributed by atoms with van der Waals surface area (Å²) in [6.45, 7) is 3.78. The number of methoxy groups -OCH3 is 1. The molecule has 1 rings (SSSR count). The molecule has 0 saturated carbocycles. The van der Waals surface area contributed by atoms with Crippen LogP contribution in [0, 0.1) is 0 Å². The molecule has 1 aromatic rings. The van der Waals surface area contributed by atoms with Gasteiger partial charge >= 0.3 is 0 Å². The second-order valence-electron chi connectivity index (χ2n) is 3.18. The van der Waals surface area contributed by atoms with Crippen LogP contribution >= 0.6 is 0 Å². The van der Waals surface area contributed by atoms with Crippen molar-refractivity contribution in [3.63, 3.8) is 0 Å². The summed E-state index contributed by atoms with van der Waals surface area (Å²) in [6, 6.07) is 3.37. The summed E-state index contributed by atoms with van der Waals surface area (Å²) in [5.74, 6) is 0.926. The lowest BCUT2D eigenvalue weighted by Crippen LogP contribution is -2.07. The van der Waals surface area contributed by atoms with Crippen LogP contribution in [0.4, 0.5) is 0 Å². The number of rotatable bonds is 4. The van der Waals surface area contributed by atoms with E-state index in [2.05, 4.69) is 4.98 Å². The maximum Gasteiger partial charge on any atom is 0.217 e. The molecule has 0 fully saturated rings. The Morgan fingerprint density at radius 2 is 2.00 bits per heavy atom. The summed E-state index contributed by atoms with van der Waals surface area (Å²) in [7, 11) is 1.53. The van der Waals surface area contributed by atoms with Crippen molar-refractivity contribution >= 4 is 0 Å². The summed E-state index contributed by atoms with van der Waals surface area (Å²) >= 11 is 0. The molecular weight excluding hydrogens is 182 g/mol. The van der Waals surface area contributed by atoms with Crippen LogP contribution < -0.4 is 9.47 Å². The zero-order chi connectivity index (χ0) is 10.6. The van der Waals surface area contributed by atoms with Gasteiger partial charge in [0.15, 0.2) is 0 Å². The van der Waals surface area contributed by atoms with Crippen molar-refractivity contribution in [2.45, 2.75) is 26.6 Å². The van der Waals surface area contributed by atoms with Crippen LogP contribution in [0.25, 0.3) is 0 Å². The molecule has 78 valence electrons. The lowest BCUT2D eigenvalue weighted by molar-refractivity contribution is 0.227. The predicted octanol–water partition coefficient (Wildman–Crippen LogP) is 1.37. The second-order valence-corrected chi connectivity index (χ2v) is 3.18. The van der Waals surface area contributed by atoms with Crippen LogP contribution in [0.5, 0.6) is 11.8 Å². The molecule has 0 unspecified atom stereocenters. The third-order valence-corrected chi connectivity index (χ3v) is 1.59.